The molecule has 0 aliphatic heterocycles. The van der Waals surface area contributed by atoms with Crippen molar-refractivity contribution in [1.29, 1.82) is 0 Å². The first-order chi connectivity index (χ1) is 28.2. The summed E-state index contributed by atoms with van der Waals surface area (Å²) in [5, 5.41) is 23.1. The van der Waals surface area contributed by atoms with E-state index < -0.39 is 12.1 Å². The lowest BCUT2D eigenvalue weighted by Gasteiger charge is -2.20. The van der Waals surface area contributed by atoms with Gasteiger partial charge in [-0.2, -0.15) is 0 Å². The van der Waals surface area contributed by atoms with E-state index >= 15 is 0 Å². The smallest absolute Gasteiger partial charge is 0.220 e. The minimum Gasteiger partial charge on any atom is -0.394 e. The van der Waals surface area contributed by atoms with Crippen molar-refractivity contribution in [2.75, 3.05) is 6.61 Å². The molecule has 0 aliphatic carbocycles. The summed E-state index contributed by atoms with van der Waals surface area (Å²) in [5.74, 6) is -0.0621. The maximum absolute atomic E-state index is 12.4. The number of unbranched alkanes of at least 4 members (excludes halogenated alkanes) is 39. The molecule has 0 aromatic rings. The first-order valence-electron chi connectivity index (χ1n) is 26.1. The Hall–Kier alpha value is -1.13. The van der Waals surface area contributed by atoms with Crippen LogP contribution in [-0.4, -0.2) is 34.9 Å². The van der Waals surface area contributed by atoms with Crippen LogP contribution in [0.2, 0.25) is 0 Å². The van der Waals surface area contributed by atoms with E-state index in [1.165, 1.54) is 244 Å². The monoisotopic (exact) mass is 802 g/mol. The Morgan fingerprint density at radius 3 is 0.965 bits per heavy atom. The average Bonchev–Trinajstić information content (AvgIpc) is 3.22. The molecule has 0 aromatic carbocycles. The third kappa shape index (κ3) is 45.8. The van der Waals surface area contributed by atoms with Crippen molar-refractivity contribution in [3.63, 3.8) is 0 Å². The van der Waals surface area contributed by atoms with Crippen molar-refractivity contribution in [3.8, 4) is 0 Å². The lowest BCUT2D eigenvalue weighted by atomic mass is 10.0. The molecule has 0 aliphatic rings. The molecule has 2 atom stereocenters. The molecule has 2 unspecified atom stereocenters. The number of carbonyl (C=O) groups excluding carboxylic acids is 1. The van der Waals surface area contributed by atoms with E-state index in [4.69, 9.17) is 0 Å². The van der Waals surface area contributed by atoms with Crippen molar-refractivity contribution in [1.82, 2.24) is 5.32 Å². The van der Waals surface area contributed by atoms with Crippen LogP contribution in [0.1, 0.15) is 290 Å². The van der Waals surface area contributed by atoms with E-state index in [1.807, 2.05) is 6.08 Å². The van der Waals surface area contributed by atoms with Gasteiger partial charge in [-0.15, -0.1) is 0 Å². The highest BCUT2D eigenvalue weighted by Gasteiger charge is 2.18. The number of hydrogen-bond donors (Lipinski definition) is 3. The Kier molecular flexibility index (Phi) is 48.3. The number of allylic oxidation sites excluding steroid dienone is 3. The van der Waals surface area contributed by atoms with Crippen molar-refractivity contribution in [2.24, 2.45) is 0 Å². The Morgan fingerprint density at radius 2 is 0.667 bits per heavy atom. The number of hydrogen-bond acceptors (Lipinski definition) is 3. The summed E-state index contributed by atoms with van der Waals surface area (Å²) in [6, 6.07) is -0.622. The van der Waals surface area contributed by atoms with E-state index in [9.17, 15) is 15.0 Å². The van der Waals surface area contributed by atoms with E-state index in [-0.39, 0.29) is 12.5 Å². The van der Waals surface area contributed by atoms with Gasteiger partial charge < -0.3 is 15.5 Å². The van der Waals surface area contributed by atoms with Crippen LogP contribution in [0.15, 0.2) is 24.3 Å². The number of aliphatic hydroxyl groups excluding tert-OH is 2. The first-order valence-corrected chi connectivity index (χ1v) is 26.1. The summed E-state index contributed by atoms with van der Waals surface area (Å²) < 4.78 is 0. The molecule has 0 spiro atoms. The lowest BCUT2D eigenvalue weighted by Crippen LogP contribution is -2.45. The maximum Gasteiger partial charge on any atom is 0.220 e. The third-order valence-corrected chi connectivity index (χ3v) is 12.2. The van der Waals surface area contributed by atoms with Gasteiger partial charge in [0.05, 0.1) is 18.8 Å². The van der Waals surface area contributed by atoms with Crippen LogP contribution in [0.3, 0.4) is 0 Å². The van der Waals surface area contributed by atoms with Crippen molar-refractivity contribution >= 4 is 5.91 Å². The molecule has 0 bridgehead atoms. The van der Waals surface area contributed by atoms with Crippen LogP contribution in [0.4, 0.5) is 0 Å². The zero-order valence-corrected chi connectivity index (χ0v) is 38.9. The van der Waals surface area contributed by atoms with Crippen LogP contribution in [0.25, 0.3) is 0 Å². The van der Waals surface area contributed by atoms with Crippen LogP contribution in [-0.2, 0) is 4.79 Å². The quantitative estimate of drug-likeness (QED) is 0.0424. The van der Waals surface area contributed by atoms with Gasteiger partial charge in [-0.05, 0) is 44.9 Å². The third-order valence-electron chi connectivity index (χ3n) is 12.2. The molecule has 0 fully saturated rings. The van der Waals surface area contributed by atoms with E-state index in [0.29, 0.717) is 6.42 Å². The fourth-order valence-corrected chi connectivity index (χ4v) is 8.18. The predicted octanol–water partition coefficient (Wildman–Crippen LogP) is 16.8. The summed E-state index contributed by atoms with van der Waals surface area (Å²) in [4.78, 5) is 12.4. The summed E-state index contributed by atoms with van der Waals surface area (Å²) >= 11 is 0. The van der Waals surface area contributed by atoms with Gasteiger partial charge >= 0.3 is 0 Å². The highest BCUT2D eigenvalue weighted by molar-refractivity contribution is 5.76. The minimum absolute atomic E-state index is 0.0621. The number of nitrogens with one attached hydrogen (secondary N) is 1. The predicted molar refractivity (Wildman–Crippen MR) is 253 cm³/mol. The Bertz CT molecular complexity index is 825. The van der Waals surface area contributed by atoms with Gasteiger partial charge in [0.1, 0.15) is 0 Å². The number of aliphatic hydroxyl groups is 2. The van der Waals surface area contributed by atoms with E-state index in [2.05, 4.69) is 31.3 Å². The maximum atomic E-state index is 12.4. The molecule has 4 nitrogen and oxygen atoms in total. The molecular formula is C53H103NO3. The van der Waals surface area contributed by atoms with Gasteiger partial charge in [-0.25, -0.2) is 0 Å². The number of carbonyl (C=O) groups is 1. The molecule has 1 amide bonds. The number of amides is 1. The minimum atomic E-state index is -0.839. The molecule has 57 heavy (non-hydrogen) atoms. The second-order valence-corrected chi connectivity index (χ2v) is 17.9. The molecule has 0 aromatic heterocycles. The zero-order valence-electron chi connectivity index (χ0n) is 38.9. The molecule has 0 saturated heterocycles. The van der Waals surface area contributed by atoms with Crippen LogP contribution >= 0.6 is 0 Å². The lowest BCUT2D eigenvalue weighted by molar-refractivity contribution is -0.123. The highest BCUT2D eigenvalue weighted by Crippen LogP contribution is 2.17. The topological polar surface area (TPSA) is 69.6 Å². The molecule has 4 heteroatoms. The number of rotatable bonds is 48. The van der Waals surface area contributed by atoms with Crippen molar-refractivity contribution in [2.45, 2.75) is 302 Å². The fourth-order valence-electron chi connectivity index (χ4n) is 8.18. The largest absolute Gasteiger partial charge is 0.394 e. The van der Waals surface area contributed by atoms with Gasteiger partial charge in [0.25, 0.3) is 0 Å². The van der Waals surface area contributed by atoms with Gasteiger partial charge in [0.15, 0.2) is 0 Å². The molecule has 338 valence electrons. The highest BCUT2D eigenvalue weighted by atomic mass is 16.3. The molecule has 0 radical (unpaired) electrons. The molecule has 0 heterocycles. The van der Waals surface area contributed by atoms with Gasteiger partial charge in [0.2, 0.25) is 5.91 Å². The summed E-state index contributed by atoms with van der Waals surface area (Å²) in [7, 11) is 0. The molecule has 0 saturated carbocycles. The van der Waals surface area contributed by atoms with Gasteiger partial charge in [-0.1, -0.05) is 263 Å². The standard InChI is InChI=1S/C53H103NO3/c1-3-5-7-9-11-13-15-17-19-21-23-25-26-27-29-30-32-34-36-38-40-42-44-46-48-52(56)51(50-55)54-53(57)49-47-45-43-41-39-37-35-33-31-28-24-22-20-18-16-14-12-10-8-6-4-2/h22,24,46,48,51-52,55-56H,3-21,23,25-45,47,49-50H2,1-2H3,(H,54,57)/b24-22-,48-46+. The van der Waals surface area contributed by atoms with Gasteiger partial charge in [-0.3, -0.25) is 4.79 Å². The average molecular weight is 802 g/mol. The van der Waals surface area contributed by atoms with E-state index in [0.717, 1.165) is 25.7 Å². The van der Waals surface area contributed by atoms with Crippen molar-refractivity contribution in [3.05, 3.63) is 24.3 Å². The first kappa shape index (κ1) is 55.9. The van der Waals surface area contributed by atoms with E-state index in [1.54, 1.807) is 6.08 Å². The summed E-state index contributed by atoms with van der Waals surface area (Å²) in [6.07, 6.45) is 64.6. The Labute approximate surface area is 358 Å². The molecule has 0 rings (SSSR count). The SMILES string of the molecule is CCCCCCCCCC/C=C\CCCCCCCCCCCC(=O)NC(CO)C(O)/C=C/CCCCCCCCCCCCCCCCCCCCCCCC. The molecule has 3 N–H and O–H groups in total. The van der Waals surface area contributed by atoms with Crippen molar-refractivity contribution < 1.29 is 15.0 Å². The zero-order chi connectivity index (χ0) is 41.4. The fraction of sp³-hybridized carbons (Fsp3) is 0.906. The Balaban J connectivity index is 3.50. The second kappa shape index (κ2) is 49.2. The summed E-state index contributed by atoms with van der Waals surface area (Å²) in [5.41, 5.74) is 0. The molecular weight excluding hydrogens is 699 g/mol. The normalized spacial score (nSPS) is 13.0. The Morgan fingerprint density at radius 1 is 0.404 bits per heavy atom. The van der Waals surface area contributed by atoms with Crippen LogP contribution < -0.4 is 5.32 Å². The van der Waals surface area contributed by atoms with Crippen LogP contribution in [0.5, 0.6) is 0 Å². The van der Waals surface area contributed by atoms with Crippen LogP contribution in [0, 0.1) is 0 Å². The summed E-state index contributed by atoms with van der Waals surface area (Å²) in [6.45, 7) is 4.34. The second-order valence-electron chi connectivity index (χ2n) is 17.9. The van der Waals surface area contributed by atoms with Gasteiger partial charge in [0, 0.05) is 6.42 Å².